The van der Waals surface area contributed by atoms with Crippen LogP contribution in [0.2, 0.25) is 0 Å². The minimum absolute atomic E-state index is 0.0578. The highest BCUT2D eigenvalue weighted by molar-refractivity contribution is 7.99. The van der Waals surface area contributed by atoms with Crippen LogP contribution in [0.5, 0.6) is 0 Å². The third kappa shape index (κ3) is 3.62. The molecule has 6 rings (SSSR count). The van der Waals surface area contributed by atoms with Crippen LogP contribution >= 0.6 is 11.8 Å². The smallest absolute Gasteiger partial charge is 0.339 e. The molecular weight excluding hydrogens is 402 g/mol. The molecule has 1 N–H and O–H groups in total. The minimum atomic E-state index is -0.490. The average Bonchev–Trinajstić information content (AvgIpc) is 3.21. The van der Waals surface area contributed by atoms with Gasteiger partial charge in [0.1, 0.15) is 0 Å². The Bertz CT molecular complexity index is 938. The maximum atomic E-state index is 12.4. The van der Waals surface area contributed by atoms with Gasteiger partial charge in [-0.05, 0) is 68.4 Å². The number of nitrogens with one attached hydrogen (secondary N) is 1. The van der Waals surface area contributed by atoms with Gasteiger partial charge >= 0.3 is 5.97 Å². The highest BCUT2D eigenvalue weighted by Gasteiger charge is 2.54. The SMILES string of the molecule is COC(=O)c1ccccc1NC(=O)CSc1nnc(C23CC4CC(CC(C4)C2)C3)o1. The normalized spacial score (nSPS) is 29.0. The van der Waals surface area contributed by atoms with E-state index in [2.05, 4.69) is 15.5 Å². The van der Waals surface area contributed by atoms with Gasteiger partial charge in [-0.15, -0.1) is 10.2 Å². The van der Waals surface area contributed by atoms with Crippen molar-refractivity contribution in [1.82, 2.24) is 10.2 Å². The molecule has 4 saturated carbocycles. The molecule has 8 heteroatoms. The van der Waals surface area contributed by atoms with E-state index >= 15 is 0 Å². The van der Waals surface area contributed by atoms with Gasteiger partial charge in [0.2, 0.25) is 11.8 Å². The van der Waals surface area contributed by atoms with E-state index in [1.54, 1.807) is 24.3 Å². The number of nitrogens with zero attached hydrogens (tertiary/aromatic N) is 2. The van der Waals surface area contributed by atoms with Gasteiger partial charge in [0.05, 0.1) is 24.1 Å². The number of ether oxygens (including phenoxy) is 1. The summed E-state index contributed by atoms with van der Waals surface area (Å²) in [6.45, 7) is 0. The molecule has 1 amide bonds. The molecule has 2 aromatic rings. The molecule has 7 nitrogen and oxygen atoms in total. The van der Waals surface area contributed by atoms with Gasteiger partial charge < -0.3 is 14.5 Å². The first kappa shape index (κ1) is 19.6. The lowest BCUT2D eigenvalue weighted by molar-refractivity contribution is -0.113. The summed E-state index contributed by atoms with van der Waals surface area (Å²) in [7, 11) is 1.31. The zero-order valence-corrected chi connectivity index (χ0v) is 17.7. The number of carbonyl (C=O) groups excluding carboxylic acids is 2. The summed E-state index contributed by atoms with van der Waals surface area (Å²) in [4.78, 5) is 24.3. The van der Waals surface area contributed by atoms with Crippen LogP contribution < -0.4 is 5.32 Å². The van der Waals surface area contributed by atoms with E-state index in [-0.39, 0.29) is 17.1 Å². The second-order valence-electron chi connectivity index (χ2n) is 8.95. The second-order valence-corrected chi connectivity index (χ2v) is 9.87. The molecule has 30 heavy (non-hydrogen) atoms. The van der Waals surface area contributed by atoms with Gasteiger partial charge in [-0.3, -0.25) is 4.79 Å². The lowest BCUT2D eigenvalue weighted by Crippen LogP contribution is -2.48. The summed E-state index contributed by atoms with van der Waals surface area (Å²) in [6, 6.07) is 6.77. The van der Waals surface area contributed by atoms with Gasteiger partial charge in [-0.2, -0.15) is 0 Å². The van der Waals surface area contributed by atoms with E-state index in [1.807, 2.05) is 0 Å². The Hall–Kier alpha value is -2.35. The molecule has 0 saturated heterocycles. The Labute approximate surface area is 179 Å². The van der Waals surface area contributed by atoms with Crippen molar-refractivity contribution >= 4 is 29.3 Å². The zero-order chi connectivity index (χ0) is 20.7. The standard InChI is InChI=1S/C22H25N3O4S/c1-28-19(27)16-4-2-3-5-17(16)23-18(26)12-30-21-25-24-20(29-21)22-9-13-6-14(10-22)8-15(7-13)11-22/h2-5,13-15H,6-12H2,1H3,(H,23,26). The first-order valence-electron chi connectivity index (χ1n) is 10.5. The summed E-state index contributed by atoms with van der Waals surface area (Å²) in [5.74, 6) is 2.57. The Morgan fingerprint density at radius 2 is 1.80 bits per heavy atom. The number of hydrogen-bond donors (Lipinski definition) is 1. The zero-order valence-electron chi connectivity index (χ0n) is 16.9. The van der Waals surface area contributed by atoms with Crippen molar-refractivity contribution in [2.24, 2.45) is 17.8 Å². The summed E-state index contributed by atoms with van der Waals surface area (Å²) in [5, 5.41) is 11.8. The van der Waals surface area contributed by atoms with E-state index in [0.29, 0.717) is 16.5 Å². The van der Waals surface area contributed by atoms with Gasteiger partial charge in [0.15, 0.2) is 0 Å². The first-order chi connectivity index (χ1) is 14.5. The van der Waals surface area contributed by atoms with Crippen LogP contribution in [0, 0.1) is 17.8 Å². The molecule has 4 aliphatic carbocycles. The quantitative estimate of drug-likeness (QED) is 0.549. The van der Waals surface area contributed by atoms with Crippen molar-refractivity contribution in [3.05, 3.63) is 35.7 Å². The van der Waals surface area contributed by atoms with E-state index in [9.17, 15) is 9.59 Å². The third-order valence-electron chi connectivity index (χ3n) is 6.83. The van der Waals surface area contributed by atoms with Crippen LogP contribution in [-0.4, -0.2) is 34.9 Å². The van der Waals surface area contributed by atoms with Gasteiger partial charge in [0.25, 0.3) is 5.22 Å². The number of thioether (sulfide) groups is 1. The number of aromatic nitrogens is 2. The molecule has 1 aromatic carbocycles. The van der Waals surface area contributed by atoms with Crippen LogP contribution in [0.25, 0.3) is 0 Å². The summed E-state index contributed by atoms with van der Waals surface area (Å²) in [5.41, 5.74) is 0.803. The van der Waals surface area contributed by atoms with Gasteiger partial charge in [0, 0.05) is 5.41 Å². The molecule has 4 bridgehead atoms. The molecule has 0 radical (unpaired) electrons. The highest BCUT2D eigenvalue weighted by Crippen LogP contribution is 2.60. The second kappa shape index (κ2) is 7.72. The van der Waals surface area contributed by atoms with Gasteiger partial charge in [-0.1, -0.05) is 23.9 Å². The predicted molar refractivity (Wildman–Crippen MR) is 111 cm³/mol. The number of methoxy groups -OCH3 is 1. The molecule has 0 unspecified atom stereocenters. The maximum absolute atomic E-state index is 12.4. The number of benzene rings is 1. The number of hydrogen-bond acceptors (Lipinski definition) is 7. The fraction of sp³-hybridized carbons (Fsp3) is 0.545. The van der Waals surface area contributed by atoms with Crippen molar-refractivity contribution in [2.75, 3.05) is 18.2 Å². The number of para-hydroxylation sites is 1. The van der Waals surface area contributed by atoms with E-state index in [4.69, 9.17) is 9.15 Å². The molecule has 4 fully saturated rings. The lowest BCUT2D eigenvalue weighted by atomic mass is 9.49. The van der Waals surface area contributed by atoms with Crippen molar-refractivity contribution < 1.29 is 18.7 Å². The lowest BCUT2D eigenvalue weighted by Gasteiger charge is -2.55. The monoisotopic (exact) mass is 427 g/mol. The van der Waals surface area contributed by atoms with E-state index < -0.39 is 5.97 Å². The summed E-state index contributed by atoms with van der Waals surface area (Å²) < 4.78 is 10.8. The molecule has 4 aliphatic rings. The number of anilines is 1. The summed E-state index contributed by atoms with van der Waals surface area (Å²) in [6.07, 6.45) is 7.58. The topological polar surface area (TPSA) is 94.3 Å². The molecule has 0 aliphatic heterocycles. The number of carbonyl (C=O) groups is 2. The minimum Gasteiger partial charge on any atom is -0.465 e. The molecule has 0 atom stereocenters. The van der Waals surface area contributed by atoms with Crippen LogP contribution in [0.4, 0.5) is 5.69 Å². The fourth-order valence-electron chi connectivity index (χ4n) is 6.05. The largest absolute Gasteiger partial charge is 0.465 e. The van der Waals surface area contributed by atoms with Crippen molar-refractivity contribution in [1.29, 1.82) is 0 Å². The highest BCUT2D eigenvalue weighted by atomic mass is 32.2. The predicted octanol–water partition coefficient (Wildman–Crippen LogP) is 4.05. The van der Waals surface area contributed by atoms with E-state index in [1.165, 1.54) is 38.1 Å². The number of amides is 1. The molecular formula is C22H25N3O4S. The van der Waals surface area contributed by atoms with Crippen LogP contribution in [0.1, 0.15) is 54.8 Å². The number of esters is 1. The van der Waals surface area contributed by atoms with Crippen molar-refractivity contribution in [3.63, 3.8) is 0 Å². The Morgan fingerprint density at radius 1 is 1.13 bits per heavy atom. The number of rotatable bonds is 6. The Kier molecular flexibility index (Phi) is 5.05. The Balaban J connectivity index is 1.22. The summed E-state index contributed by atoms with van der Waals surface area (Å²) >= 11 is 1.22. The maximum Gasteiger partial charge on any atom is 0.339 e. The van der Waals surface area contributed by atoms with Gasteiger partial charge in [-0.25, -0.2) is 4.79 Å². The van der Waals surface area contributed by atoms with Crippen LogP contribution in [0.3, 0.4) is 0 Å². The third-order valence-corrected chi connectivity index (χ3v) is 7.65. The van der Waals surface area contributed by atoms with Crippen LogP contribution in [-0.2, 0) is 14.9 Å². The van der Waals surface area contributed by atoms with Crippen molar-refractivity contribution in [2.45, 2.75) is 49.2 Å². The van der Waals surface area contributed by atoms with Crippen molar-refractivity contribution in [3.8, 4) is 0 Å². The molecule has 0 spiro atoms. The molecule has 1 heterocycles. The Morgan fingerprint density at radius 3 is 2.47 bits per heavy atom. The molecule has 158 valence electrons. The van der Waals surface area contributed by atoms with Crippen LogP contribution in [0.15, 0.2) is 33.9 Å². The average molecular weight is 428 g/mol. The molecule has 1 aromatic heterocycles. The van der Waals surface area contributed by atoms with E-state index in [0.717, 1.165) is 42.9 Å². The first-order valence-corrected chi connectivity index (χ1v) is 11.5. The fourth-order valence-corrected chi connectivity index (χ4v) is 6.61.